The van der Waals surface area contributed by atoms with Gasteiger partial charge in [-0.15, -0.1) is 0 Å². The zero-order valence-corrected chi connectivity index (χ0v) is 6.22. The van der Waals surface area contributed by atoms with Gasteiger partial charge in [-0.3, -0.25) is 0 Å². The molecule has 0 aromatic heterocycles. The number of hydrogen-bond donors (Lipinski definition) is 2. The molecule has 2 nitrogen and oxygen atoms in total. The van der Waals surface area contributed by atoms with Gasteiger partial charge in [0.2, 0.25) is 0 Å². The van der Waals surface area contributed by atoms with Gasteiger partial charge in [-0.05, 0) is 26.0 Å². The third kappa shape index (κ3) is 4.03. The summed E-state index contributed by atoms with van der Waals surface area (Å²) < 4.78 is 0. The van der Waals surface area contributed by atoms with Crippen molar-refractivity contribution in [1.29, 1.82) is 0 Å². The van der Waals surface area contributed by atoms with Crippen molar-refractivity contribution in [3.8, 4) is 0 Å². The fraction of sp³-hybridized carbons (Fsp3) is 0.714. The van der Waals surface area contributed by atoms with Gasteiger partial charge >= 0.3 is 0 Å². The average molecular weight is 128 g/mol. The van der Waals surface area contributed by atoms with Crippen LogP contribution in [0.3, 0.4) is 0 Å². The number of rotatable bonds is 3. The Morgan fingerprint density at radius 3 is 2.56 bits per heavy atom. The van der Waals surface area contributed by atoms with Crippen molar-refractivity contribution >= 4 is 0 Å². The summed E-state index contributed by atoms with van der Waals surface area (Å²) in [5.74, 6) is 0. The van der Waals surface area contributed by atoms with Gasteiger partial charge < -0.3 is 11.5 Å². The highest BCUT2D eigenvalue weighted by Crippen LogP contribution is 2.02. The molecule has 0 aliphatic rings. The Morgan fingerprint density at radius 2 is 2.22 bits per heavy atom. The van der Waals surface area contributed by atoms with E-state index in [0.29, 0.717) is 0 Å². The number of nitrogens with two attached hydrogens (primary N) is 2. The predicted octanol–water partition coefficient (Wildman–Crippen LogP) is 0.976. The standard InChI is InChI=1S/C7H16N2/c1-3-7(9)4-6(2)5-8/h5,7H,3-4,8-9H2,1-2H3. The second kappa shape index (κ2) is 4.39. The van der Waals surface area contributed by atoms with Gasteiger partial charge in [0.15, 0.2) is 0 Å². The largest absolute Gasteiger partial charge is 0.405 e. The molecule has 54 valence electrons. The first-order valence-corrected chi connectivity index (χ1v) is 3.33. The summed E-state index contributed by atoms with van der Waals surface area (Å²) in [6, 6.07) is 0.282. The van der Waals surface area contributed by atoms with E-state index in [1.54, 1.807) is 6.20 Å². The van der Waals surface area contributed by atoms with Crippen molar-refractivity contribution < 1.29 is 0 Å². The highest BCUT2D eigenvalue weighted by atomic mass is 14.6. The van der Waals surface area contributed by atoms with Crippen molar-refractivity contribution in [3.63, 3.8) is 0 Å². The smallest absolute Gasteiger partial charge is 0.00740 e. The molecule has 0 aliphatic carbocycles. The van der Waals surface area contributed by atoms with E-state index in [2.05, 4.69) is 6.92 Å². The molecule has 0 saturated heterocycles. The Kier molecular flexibility index (Phi) is 4.14. The Balaban J connectivity index is 3.47. The Bertz CT molecular complexity index is 97.1. The van der Waals surface area contributed by atoms with Gasteiger partial charge in [-0.1, -0.05) is 12.5 Å². The van der Waals surface area contributed by atoms with Crippen LogP contribution in [-0.4, -0.2) is 6.04 Å². The third-order valence-electron chi connectivity index (χ3n) is 1.39. The first-order valence-electron chi connectivity index (χ1n) is 3.33. The molecule has 4 N–H and O–H groups in total. The summed E-state index contributed by atoms with van der Waals surface area (Å²) in [4.78, 5) is 0. The second-order valence-electron chi connectivity index (χ2n) is 2.39. The van der Waals surface area contributed by atoms with Gasteiger partial charge in [-0.25, -0.2) is 0 Å². The molecule has 0 bridgehead atoms. The van der Waals surface area contributed by atoms with E-state index in [1.165, 1.54) is 5.57 Å². The van der Waals surface area contributed by atoms with Gasteiger partial charge in [0.1, 0.15) is 0 Å². The van der Waals surface area contributed by atoms with E-state index >= 15 is 0 Å². The Hall–Kier alpha value is -0.500. The lowest BCUT2D eigenvalue weighted by molar-refractivity contribution is 0.641. The fourth-order valence-corrected chi connectivity index (χ4v) is 0.626. The average Bonchev–Trinajstić information content (AvgIpc) is 1.87. The highest BCUT2D eigenvalue weighted by molar-refractivity contribution is 4.96. The summed E-state index contributed by atoms with van der Waals surface area (Å²) in [5.41, 5.74) is 12.1. The van der Waals surface area contributed by atoms with Gasteiger partial charge in [0.05, 0.1) is 0 Å². The maximum atomic E-state index is 5.65. The van der Waals surface area contributed by atoms with Gasteiger partial charge in [0.25, 0.3) is 0 Å². The lowest BCUT2D eigenvalue weighted by Crippen LogP contribution is -2.18. The molecule has 1 unspecified atom stereocenters. The first-order chi connectivity index (χ1) is 4.20. The molecule has 0 heterocycles. The van der Waals surface area contributed by atoms with Gasteiger partial charge in [0, 0.05) is 6.04 Å². The molecule has 0 aliphatic heterocycles. The maximum Gasteiger partial charge on any atom is 0.00740 e. The summed E-state index contributed by atoms with van der Waals surface area (Å²) in [5, 5.41) is 0. The second-order valence-corrected chi connectivity index (χ2v) is 2.39. The monoisotopic (exact) mass is 128 g/mol. The molecule has 2 heteroatoms. The molecule has 0 spiro atoms. The predicted molar refractivity (Wildman–Crippen MR) is 40.8 cm³/mol. The van der Waals surface area contributed by atoms with Crippen LogP contribution in [0.5, 0.6) is 0 Å². The summed E-state index contributed by atoms with van der Waals surface area (Å²) in [6.45, 7) is 4.07. The van der Waals surface area contributed by atoms with E-state index in [4.69, 9.17) is 11.5 Å². The molecule has 0 aromatic carbocycles. The molecule has 0 aromatic rings. The quantitative estimate of drug-likeness (QED) is 0.595. The molecule has 1 atom stereocenters. The van der Waals surface area contributed by atoms with Crippen LogP contribution < -0.4 is 11.5 Å². The minimum atomic E-state index is 0.282. The van der Waals surface area contributed by atoms with E-state index < -0.39 is 0 Å². The van der Waals surface area contributed by atoms with Crippen LogP contribution in [0.15, 0.2) is 11.8 Å². The van der Waals surface area contributed by atoms with E-state index in [9.17, 15) is 0 Å². The summed E-state index contributed by atoms with van der Waals surface area (Å²) in [7, 11) is 0. The molecule has 0 saturated carbocycles. The van der Waals surface area contributed by atoms with Crippen molar-refractivity contribution in [3.05, 3.63) is 11.8 Å². The highest BCUT2D eigenvalue weighted by Gasteiger charge is 1.97. The Morgan fingerprint density at radius 1 is 1.67 bits per heavy atom. The van der Waals surface area contributed by atoms with E-state index in [1.807, 2.05) is 6.92 Å². The zero-order valence-electron chi connectivity index (χ0n) is 6.22. The SMILES string of the molecule is CCC(N)CC(C)=CN. The normalized spacial score (nSPS) is 15.7. The van der Waals surface area contributed by atoms with Crippen molar-refractivity contribution in [2.75, 3.05) is 0 Å². The van der Waals surface area contributed by atoms with Crippen molar-refractivity contribution in [2.24, 2.45) is 11.5 Å². The van der Waals surface area contributed by atoms with Crippen LogP contribution in [0.25, 0.3) is 0 Å². The van der Waals surface area contributed by atoms with Crippen LogP contribution in [-0.2, 0) is 0 Å². The van der Waals surface area contributed by atoms with Crippen LogP contribution in [0.4, 0.5) is 0 Å². The van der Waals surface area contributed by atoms with E-state index in [0.717, 1.165) is 12.8 Å². The molecular formula is C7H16N2. The topological polar surface area (TPSA) is 52.0 Å². The Labute approximate surface area is 56.9 Å². The fourth-order valence-electron chi connectivity index (χ4n) is 0.626. The van der Waals surface area contributed by atoms with Crippen LogP contribution in [0.2, 0.25) is 0 Å². The molecule has 0 radical (unpaired) electrons. The maximum absolute atomic E-state index is 5.65. The van der Waals surface area contributed by atoms with Crippen LogP contribution in [0, 0.1) is 0 Å². The molecule has 0 amide bonds. The lowest BCUT2D eigenvalue weighted by Gasteiger charge is -2.06. The molecule has 0 fully saturated rings. The van der Waals surface area contributed by atoms with Crippen LogP contribution >= 0.6 is 0 Å². The molecular weight excluding hydrogens is 112 g/mol. The van der Waals surface area contributed by atoms with E-state index in [-0.39, 0.29) is 6.04 Å². The van der Waals surface area contributed by atoms with Crippen LogP contribution in [0.1, 0.15) is 26.7 Å². The lowest BCUT2D eigenvalue weighted by atomic mass is 10.1. The molecule has 9 heavy (non-hydrogen) atoms. The zero-order chi connectivity index (χ0) is 7.28. The first kappa shape index (κ1) is 8.50. The third-order valence-corrected chi connectivity index (χ3v) is 1.39. The summed E-state index contributed by atoms with van der Waals surface area (Å²) in [6.07, 6.45) is 3.56. The van der Waals surface area contributed by atoms with Crippen molar-refractivity contribution in [1.82, 2.24) is 0 Å². The van der Waals surface area contributed by atoms with Gasteiger partial charge in [-0.2, -0.15) is 0 Å². The van der Waals surface area contributed by atoms with Crippen molar-refractivity contribution in [2.45, 2.75) is 32.7 Å². The minimum absolute atomic E-state index is 0.282. The minimum Gasteiger partial charge on any atom is -0.405 e. The molecule has 0 rings (SSSR count). The summed E-state index contributed by atoms with van der Waals surface area (Å²) >= 11 is 0. The number of hydrogen-bond acceptors (Lipinski definition) is 2.